The van der Waals surface area contributed by atoms with Crippen LogP contribution in [-0.4, -0.2) is 73.1 Å². The van der Waals surface area contributed by atoms with Crippen LogP contribution < -0.4 is 11.1 Å². The van der Waals surface area contributed by atoms with Gasteiger partial charge in [-0.05, 0) is 64.7 Å². The molecule has 8 nitrogen and oxygen atoms in total. The third-order valence-corrected chi connectivity index (χ3v) is 5.53. The zero-order valence-electron chi connectivity index (χ0n) is 19.0. The zero-order valence-corrected chi connectivity index (χ0v) is 21.3. The first-order valence-electron chi connectivity index (χ1n) is 10.9. The van der Waals surface area contributed by atoms with E-state index in [1.165, 1.54) is 0 Å². The predicted octanol–water partition coefficient (Wildman–Crippen LogP) is 2.80. The lowest BCUT2D eigenvalue weighted by atomic mass is 9.94. The van der Waals surface area contributed by atoms with Crippen LogP contribution in [-0.2, 0) is 9.53 Å². The number of hydrogen-bond donors (Lipinski definition) is 2. The average Bonchev–Trinajstić information content (AvgIpc) is 2.64. The number of guanidine groups is 1. The molecule has 0 aliphatic carbocycles. The molecule has 0 bridgehead atoms. The van der Waals surface area contributed by atoms with Crippen LogP contribution in [0.3, 0.4) is 0 Å². The molecule has 2 saturated heterocycles. The number of carbonyl (C=O) groups is 2. The number of hydrogen-bond acceptors (Lipinski definition) is 4. The molecule has 0 aromatic heterocycles. The molecule has 2 atom stereocenters. The van der Waals surface area contributed by atoms with Crippen LogP contribution in [0.1, 0.15) is 59.3 Å². The molecule has 2 unspecified atom stereocenters. The van der Waals surface area contributed by atoms with Crippen molar-refractivity contribution < 1.29 is 14.3 Å². The van der Waals surface area contributed by atoms with Crippen molar-refractivity contribution in [2.45, 2.75) is 64.9 Å². The van der Waals surface area contributed by atoms with Gasteiger partial charge in [-0.15, -0.1) is 24.0 Å². The van der Waals surface area contributed by atoms with Gasteiger partial charge in [-0.25, -0.2) is 4.79 Å². The Hall–Kier alpha value is -1.26. The normalized spacial score (nSPS) is 22.9. The van der Waals surface area contributed by atoms with Gasteiger partial charge in [0.25, 0.3) is 0 Å². The number of carbonyl (C=O) groups excluding carboxylic acids is 2. The second-order valence-electron chi connectivity index (χ2n) is 9.32. The second kappa shape index (κ2) is 12.6. The van der Waals surface area contributed by atoms with E-state index in [0.717, 1.165) is 70.8 Å². The molecule has 174 valence electrons. The summed E-state index contributed by atoms with van der Waals surface area (Å²) in [6.45, 7) is 9.80. The molecule has 2 aliphatic heterocycles. The van der Waals surface area contributed by atoms with E-state index >= 15 is 0 Å². The van der Waals surface area contributed by atoms with E-state index in [1.54, 1.807) is 7.05 Å². The van der Waals surface area contributed by atoms with Crippen LogP contribution in [0.2, 0.25) is 0 Å². The average molecular weight is 537 g/mol. The number of piperidine rings is 2. The Labute approximate surface area is 198 Å². The van der Waals surface area contributed by atoms with Gasteiger partial charge in [-0.2, -0.15) is 0 Å². The molecular weight excluding hydrogens is 497 g/mol. The maximum absolute atomic E-state index is 12.3. The Morgan fingerprint density at radius 3 is 2.30 bits per heavy atom. The van der Waals surface area contributed by atoms with Crippen molar-refractivity contribution in [3.8, 4) is 0 Å². The molecule has 0 aromatic carbocycles. The Morgan fingerprint density at radius 2 is 1.70 bits per heavy atom. The molecule has 3 N–H and O–H groups in total. The molecule has 2 fully saturated rings. The molecular formula is C21H40IN5O3. The summed E-state index contributed by atoms with van der Waals surface area (Å²) in [6.07, 6.45) is 5.45. The molecule has 2 amide bonds. The minimum absolute atomic E-state index is 0. The largest absolute Gasteiger partial charge is 0.444 e. The SMILES string of the molecule is CN=C(NCCC1CCCN(C(=O)OC(C)(C)C)C1)N1CCCC(CC(N)=O)C1.I. The molecule has 2 heterocycles. The molecule has 30 heavy (non-hydrogen) atoms. The van der Waals surface area contributed by atoms with Crippen molar-refractivity contribution in [1.29, 1.82) is 0 Å². The van der Waals surface area contributed by atoms with Crippen molar-refractivity contribution in [3.63, 3.8) is 0 Å². The standard InChI is InChI=1S/C21H39N5O3.HI/c1-21(2,3)29-20(28)26-12-5-7-16(14-26)9-10-24-19(23-4)25-11-6-8-17(15-25)13-18(22)27;/h16-17H,5-15H2,1-4H3,(H2,22,27)(H,23,24);1H. The summed E-state index contributed by atoms with van der Waals surface area (Å²) in [7, 11) is 1.80. The fourth-order valence-corrected chi connectivity index (χ4v) is 4.22. The minimum Gasteiger partial charge on any atom is -0.444 e. The van der Waals surface area contributed by atoms with E-state index in [1.807, 2.05) is 25.7 Å². The molecule has 0 radical (unpaired) electrons. The Balaban J connectivity index is 0.00000450. The first kappa shape index (κ1) is 26.8. The van der Waals surface area contributed by atoms with E-state index in [4.69, 9.17) is 10.5 Å². The van der Waals surface area contributed by atoms with E-state index in [2.05, 4.69) is 15.2 Å². The summed E-state index contributed by atoms with van der Waals surface area (Å²) < 4.78 is 5.52. The summed E-state index contributed by atoms with van der Waals surface area (Å²) in [4.78, 5) is 32.1. The number of ether oxygens (including phenoxy) is 1. The fourth-order valence-electron chi connectivity index (χ4n) is 4.22. The summed E-state index contributed by atoms with van der Waals surface area (Å²) in [5, 5.41) is 3.47. The van der Waals surface area contributed by atoms with Crippen LogP contribution in [0.25, 0.3) is 0 Å². The number of nitrogens with zero attached hydrogens (tertiary/aromatic N) is 3. The number of nitrogens with two attached hydrogens (primary N) is 1. The Bertz CT molecular complexity index is 594. The first-order valence-corrected chi connectivity index (χ1v) is 10.9. The lowest BCUT2D eigenvalue weighted by molar-refractivity contribution is -0.119. The number of halogens is 1. The summed E-state index contributed by atoms with van der Waals surface area (Å²) in [6, 6.07) is 0. The highest BCUT2D eigenvalue weighted by Crippen LogP contribution is 2.22. The summed E-state index contributed by atoms with van der Waals surface area (Å²) >= 11 is 0. The smallest absolute Gasteiger partial charge is 0.410 e. The predicted molar refractivity (Wildman–Crippen MR) is 130 cm³/mol. The van der Waals surface area contributed by atoms with Crippen molar-refractivity contribution >= 4 is 41.9 Å². The fraction of sp³-hybridized carbons (Fsp3) is 0.857. The van der Waals surface area contributed by atoms with Crippen LogP contribution in [0.5, 0.6) is 0 Å². The van der Waals surface area contributed by atoms with Crippen molar-refractivity contribution in [2.75, 3.05) is 39.8 Å². The van der Waals surface area contributed by atoms with Gasteiger partial charge in [0.2, 0.25) is 5.91 Å². The molecule has 9 heteroatoms. The lowest BCUT2D eigenvalue weighted by Gasteiger charge is -2.36. The summed E-state index contributed by atoms with van der Waals surface area (Å²) in [5.74, 6) is 1.43. The number of amides is 2. The highest BCUT2D eigenvalue weighted by Gasteiger charge is 2.28. The Kier molecular flexibility index (Phi) is 11.2. The Morgan fingerprint density at radius 1 is 1.10 bits per heavy atom. The van der Waals surface area contributed by atoms with Crippen molar-refractivity contribution in [1.82, 2.24) is 15.1 Å². The van der Waals surface area contributed by atoms with Crippen molar-refractivity contribution in [3.05, 3.63) is 0 Å². The third-order valence-electron chi connectivity index (χ3n) is 5.53. The number of nitrogens with one attached hydrogen (secondary N) is 1. The van der Waals surface area contributed by atoms with Gasteiger partial charge >= 0.3 is 6.09 Å². The molecule has 0 aromatic rings. The molecule has 0 saturated carbocycles. The van der Waals surface area contributed by atoms with E-state index in [0.29, 0.717) is 18.3 Å². The van der Waals surface area contributed by atoms with E-state index < -0.39 is 5.60 Å². The highest BCUT2D eigenvalue weighted by molar-refractivity contribution is 14.0. The second-order valence-corrected chi connectivity index (χ2v) is 9.32. The van der Waals surface area contributed by atoms with Crippen LogP contribution in [0.15, 0.2) is 4.99 Å². The number of primary amides is 1. The van der Waals surface area contributed by atoms with Gasteiger partial charge in [-0.1, -0.05) is 0 Å². The van der Waals surface area contributed by atoms with Crippen molar-refractivity contribution in [2.24, 2.45) is 22.6 Å². The minimum atomic E-state index is -0.459. The van der Waals surface area contributed by atoms with Gasteiger partial charge in [0.05, 0.1) is 0 Å². The number of aliphatic imine (C=N–C) groups is 1. The summed E-state index contributed by atoms with van der Waals surface area (Å²) in [5.41, 5.74) is 4.91. The lowest BCUT2D eigenvalue weighted by Crippen LogP contribution is -2.48. The number of likely N-dealkylation sites (tertiary alicyclic amines) is 2. The monoisotopic (exact) mass is 537 g/mol. The van der Waals surface area contributed by atoms with E-state index in [-0.39, 0.29) is 36.0 Å². The number of rotatable bonds is 5. The molecule has 0 spiro atoms. The van der Waals surface area contributed by atoms with Gasteiger partial charge in [-0.3, -0.25) is 9.79 Å². The maximum atomic E-state index is 12.3. The van der Waals surface area contributed by atoms with Gasteiger partial charge in [0, 0.05) is 46.2 Å². The van der Waals surface area contributed by atoms with Gasteiger partial charge in [0.15, 0.2) is 5.96 Å². The highest BCUT2D eigenvalue weighted by atomic mass is 127. The van der Waals surface area contributed by atoms with E-state index in [9.17, 15) is 9.59 Å². The first-order chi connectivity index (χ1) is 13.7. The topological polar surface area (TPSA) is 100 Å². The maximum Gasteiger partial charge on any atom is 0.410 e. The van der Waals surface area contributed by atoms with Crippen LogP contribution in [0.4, 0.5) is 4.79 Å². The third kappa shape index (κ3) is 9.26. The van der Waals surface area contributed by atoms with Crippen LogP contribution >= 0.6 is 24.0 Å². The van der Waals surface area contributed by atoms with Gasteiger partial charge < -0.3 is 25.6 Å². The van der Waals surface area contributed by atoms with Gasteiger partial charge in [0.1, 0.15) is 5.60 Å². The molecule has 2 aliphatic rings. The van der Waals surface area contributed by atoms with Crippen LogP contribution in [0, 0.1) is 11.8 Å². The zero-order chi connectivity index (χ0) is 21.4. The quantitative estimate of drug-likeness (QED) is 0.319. The molecule has 2 rings (SSSR count).